The van der Waals surface area contributed by atoms with Crippen molar-refractivity contribution in [3.05, 3.63) is 48.2 Å². The number of aromatic nitrogens is 3. The Labute approximate surface area is 186 Å². The molecule has 2 N–H and O–H groups in total. The minimum absolute atomic E-state index is 0.243. The Morgan fingerprint density at radius 1 is 1.16 bits per heavy atom. The van der Waals surface area contributed by atoms with E-state index in [1.165, 1.54) is 6.92 Å². The smallest absolute Gasteiger partial charge is 0.339 e. The Hall–Kier alpha value is -3.75. The van der Waals surface area contributed by atoms with Gasteiger partial charge in [-0.2, -0.15) is 5.10 Å². The fraction of sp³-hybridized carbons (Fsp3) is 0.348. The minimum atomic E-state index is -1.18. The van der Waals surface area contributed by atoms with Crippen LogP contribution in [0, 0.1) is 0 Å². The van der Waals surface area contributed by atoms with Crippen LogP contribution in [0.3, 0.4) is 0 Å². The molecule has 0 fully saturated rings. The molecule has 0 bridgehead atoms. The summed E-state index contributed by atoms with van der Waals surface area (Å²) >= 11 is 0. The van der Waals surface area contributed by atoms with Crippen molar-refractivity contribution in [3.63, 3.8) is 0 Å². The first-order valence-electron chi connectivity index (χ1n) is 10.3. The van der Waals surface area contributed by atoms with Crippen molar-refractivity contribution in [2.24, 2.45) is 0 Å². The van der Waals surface area contributed by atoms with Crippen molar-refractivity contribution in [1.29, 1.82) is 0 Å². The molecule has 2 aromatic heterocycles. The molecule has 3 amide bonds. The maximum absolute atomic E-state index is 13.0. The van der Waals surface area contributed by atoms with Crippen LogP contribution < -0.4 is 10.6 Å². The van der Waals surface area contributed by atoms with Gasteiger partial charge >= 0.3 is 12.0 Å². The quantitative estimate of drug-likeness (QED) is 0.592. The van der Waals surface area contributed by atoms with Gasteiger partial charge in [0.15, 0.2) is 11.8 Å². The molecule has 3 rings (SSSR count). The van der Waals surface area contributed by atoms with Crippen molar-refractivity contribution in [3.8, 4) is 11.3 Å². The maximum Gasteiger partial charge on any atom is 0.339 e. The molecule has 0 saturated heterocycles. The number of urea groups is 1. The predicted octanol–water partition coefficient (Wildman–Crippen LogP) is 3.29. The van der Waals surface area contributed by atoms with E-state index in [4.69, 9.17) is 4.74 Å². The first-order valence-corrected chi connectivity index (χ1v) is 10.3. The molecule has 1 atom stereocenters. The van der Waals surface area contributed by atoms with Crippen molar-refractivity contribution in [2.75, 3.05) is 0 Å². The number of carbonyl (C=O) groups excluding carboxylic acids is 3. The van der Waals surface area contributed by atoms with Gasteiger partial charge in [0.25, 0.3) is 5.91 Å². The fourth-order valence-corrected chi connectivity index (χ4v) is 3.07. The number of rotatable bonds is 5. The third kappa shape index (κ3) is 5.29. The number of carbonyl (C=O) groups is 3. The average molecular weight is 438 g/mol. The first kappa shape index (κ1) is 22.9. The normalized spacial score (nSPS) is 12.3. The number of amides is 3. The standard InChI is InChI=1S/C23H27N5O4/c1-6-28-19-17(13-24-28)16(12-18(25-19)15-10-8-7-9-11-15)21(30)32-14(2)20(29)26-22(31)27-23(3,4)5/h7-14H,6H2,1-5H3,(H2,26,27,29,31). The van der Waals surface area contributed by atoms with Gasteiger partial charge in [0, 0.05) is 17.6 Å². The van der Waals surface area contributed by atoms with Crippen LogP contribution in [-0.2, 0) is 16.1 Å². The number of imide groups is 1. The van der Waals surface area contributed by atoms with Crippen LogP contribution in [0.15, 0.2) is 42.6 Å². The van der Waals surface area contributed by atoms with Crippen molar-refractivity contribution < 1.29 is 19.1 Å². The van der Waals surface area contributed by atoms with Gasteiger partial charge in [-0.25, -0.2) is 19.3 Å². The summed E-state index contributed by atoms with van der Waals surface area (Å²) in [5.74, 6) is -1.43. The molecule has 0 saturated carbocycles. The summed E-state index contributed by atoms with van der Waals surface area (Å²) in [5.41, 5.74) is 1.69. The van der Waals surface area contributed by atoms with E-state index >= 15 is 0 Å². The third-order valence-electron chi connectivity index (χ3n) is 4.58. The van der Waals surface area contributed by atoms with Crippen LogP contribution in [0.1, 0.15) is 45.0 Å². The molecule has 0 aliphatic carbocycles. The lowest BCUT2D eigenvalue weighted by Gasteiger charge is -2.21. The lowest BCUT2D eigenvalue weighted by atomic mass is 10.1. The molecule has 0 radical (unpaired) electrons. The first-order chi connectivity index (χ1) is 15.1. The van der Waals surface area contributed by atoms with E-state index in [0.717, 1.165) is 5.56 Å². The van der Waals surface area contributed by atoms with E-state index in [-0.39, 0.29) is 5.56 Å². The Morgan fingerprint density at radius 2 is 1.84 bits per heavy atom. The van der Waals surface area contributed by atoms with Gasteiger partial charge in [0.1, 0.15) is 0 Å². The van der Waals surface area contributed by atoms with Crippen LogP contribution in [0.4, 0.5) is 4.79 Å². The lowest BCUT2D eigenvalue weighted by molar-refractivity contribution is -0.127. The Morgan fingerprint density at radius 3 is 2.47 bits per heavy atom. The summed E-state index contributed by atoms with van der Waals surface area (Å²) in [6.07, 6.45) is 0.372. The topological polar surface area (TPSA) is 115 Å². The van der Waals surface area contributed by atoms with E-state index in [1.807, 2.05) is 37.3 Å². The molecule has 2 heterocycles. The monoisotopic (exact) mass is 437 g/mol. The second-order valence-corrected chi connectivity index (χ2v) is 8.36. The van der Waals surface area contributed by atoms with E-state index in [0.29, 0.717) is 23.3 Å². The Balaban J connectivity index is 1.86. The summed E-state index contributed by atoms with van der Waals surface area (Å²) in [4.78, 5) is 41.9. The number of hydrogen-bond donors (Lipinski definition) is 2. The average Bonchev–Trinajstić information content (AvgIpc) is 3.15. The zero-order valence-electron chi connectivity index (χ0n) is 18.8. The fourth-order valence-electron chi connectivity index (χ4n) is 3.07. The van der Waals surface area contributed by atoms with Crippen LogP contribution >= 0.6 is 0 Å². The van der Waals surface area contributed by atoms with Crippen molar-refractivity contribution in [2.45, 2.75) is 52.8 Å². The van der Waals surface area contributed by atoms with Crippen molar-refractivity contribution in [1.82, 2.24) is 25.4 Å². The molecular formula is C23H27N5O4. The highest BCUT2D eigenvalue weighted by atomic mass is 16.5. The molecule has 1 unspecified atom stereocenters. The number of nitrogens with zero attached hydrogens (tertiary/aromatic N) is 3. The number of esters is 1. The lowest BCUT2D eigenvalue weighted by Crippen LogP contribution is -2.50. The zero-order valence-corrected chi connectivity index (χ0v) is 18.8. The predicted molar refractivity (Wildman–Crippen MR) is 120 cm³/mol. The molecule has 168 valence electrons. The summed E-state index contributed by atoms with van der Waals surface area (Å²) in [7, 11) is 0. The Bertz CT molecular complexity index is 1150. The van der Waals surface area contributed by atoms with Gasteiger partial charge in [-0.15, -0.1) is 0 Å². The molecule has 3 aromatic rings. The number of pyridine rings is 1. The highest BCUT2D eigenvalue weighted by molar-refractivity contribution is 6.05. The summed E-state index contributed by atoms with van der Waals surface area (Å²) in [6.45, 7) is 9.27. The molecule has 1 aromatic carbocycles. The number of ether oxygens (including phenoxy) is 1. The van der Waals surface area contributed by atoms with Crippen LogP contribution in [-0.4, -0.2) is 44.3 Å². The zero-order chi connectivity index (χ0) is 23.5. The summed E-state index contributed by atoms with van der Waals surface area (Å²) in [6, 6.07) is 10.4. The Kier molecular flexibility index (Phi) is 6.57. The van der Waals surface area contributed by atoms with Crippen molar-refractivity contribution >= 4 is 28.9 Å². The second-order valence-electron chi connectivity index (χ2n) is 8.36. The molecule has 0 aliphatic heterocycles. The summed E-state index contributed by atoms with van der Waals surface area (Å²) < 4.78 is 7.06. The van der Waals surface area contributed by atoms with E-state index < -0.39 is 29.6 Å². The van der Waals surface area contributed by atoms with Gasteiger partial charge in [-0.3, -0.25) is 10.1 Å². The highest BCUT2D eigenvalue weighted by Crippen LogP contribution is 2.25. The number of nitrogens with one attached hydrogen (secondary N) is 2. The van der Waals surface area contributed by atoms with Crippen LogP contribution in [0.5, 0.6) is 0 Å². The molecule has 9 nitrogen and oxygen atoms in total. The highest BCUT2D eigenvalue weighted by Gasteiger charge is 2.25. The molecular weight excluding hydrogens is 410 g/mol. The molecule has 32 heavy (non-hydrogen) atoms. The maximum atomic E-state index is 13.0. The van der Waals surface area contributed by atoms with Gasteiger partial charge < -0.3 is 10.1 Å². The van der Waals surface area contributed by atoms with Gasteiger partial charge in [-0.05, 0) is 40.7 Å². The third-order valence-corrected chi connectivity index (χ3v) is 4.58. The second kappa shape index (κ2) is 9.17. The van der Waals surface area contributed by atoms with Gasteiger partial charge in [-0.1, -0.05) is 30.3 Å². The number of benzene rings is 1. The van der Waals surface area contributed by atoms with Gasteiger partial charge in [0.05, 0.1) is 22.8 Å². The van der Waals surface area contributed by atoms with Crippen LogP contribution in [0.2, 0.25) is 0 Å². The van der Waals surface area contributed by atoms with Crippen LogP contribution in [0.25, 0.3) is 22.3 Å². The number of hydrogen-bond acceptors (Lipinski definition) is 6. The minimum Gasteiger partial charge on any atom is -0.449 e. The molecule has 0 aliphatic rings. The molecule has 0 spiro atoms. The van der Waals surface area contributed by atoms with E-state index in [1.54, 1.807) is 37.7 Å². The number of aryl methyl sites for hydroxylation is 1. The van der Waals surface area contributed by atoms with E-state index in [9.17, 15) is 14.4 Å². The SMILES string of the molecule is CCn1ncc2c(C(=O)OC(C)C(=O)NC(=O)NC(C)(C)C)cc(-c3ccccc3)nc21. The largest absolute Gasteiger partial charge is 0.449 e. The van der Waals surface area contributed by atoms with E-state index in [2.05, 4.69) is 20.7 Å². The molecule has 9 heteroatoms. The summed E-state index contributed by atoms with van der Waals surface area (Å²) in [5, 5.41) is 9.62. The van der Waals surface area contributed by atoms with Gasteiger partial charge in [0.2, 0.25) is 0 Å². The number of fused-ring (bicyclic) bond motifs is 1.